The van der Waals surface area contributed by atoms with Crippen molar-refractivity contribution in [1.82, 2.24) is 0 Å². The molecule has 0 bridgehead atoms. The van der Waals surface area contributed by atoms with Crippen LogP contribution in [0.4, 0.5) is 0 Å². The van der Waals surface area contributed by atoms with Gasteiger partial charge in [0.2, 0.25) is 0 Å². The number of carbonyl (C=O) groups excluding carboxylic acids is 1. The average Bonchev–Trinajstić information content (AvgIpc) is 2.68. The molecule has 1 aliphatic heterocycles. The van der Waals surface area contributed by atoms with Crippen LogP contribution < -0.4 is 0 Å². The van der Waals surface area contributed by atoms with Gasteiger partial charge in [-0.2, -0.15) is 0 Å². The van der Waals surface area contributed by atoms with E-state index in [0.29, 0.717) is 6.61 Å². The van der Waals surface area contributed by atoms with Crippen molar-refractivity contribution in [3.8, 4) is 0 Å². The van der Waals surface area contributed by atoms with Gasteiger partial charge in [-0.1, -0.05) is 30.3 Å². The SMILES string of the molecule is COCC1C(C(C)=O)=C(C)OC1c1ccccc1. The fourth-order valence-electron chi connectivity index (χ4n) is 2.55. The zero-order valence-corrected chi connectivity index (χ0v) is 11.0. The molecule has 0 aromatic heterocycles. The van der Waals surface area contributed by atoms with Gasteiger partial charge in [-0.3, -0.25) is 4.79 Å². The second kappa shape index (κ2) is 5.36. The molecule has 2 atom stereocenters. The minimum Gasteiger partial charge on any atom is -0.489 e. The summed E-state index contributed by atoms with van der Waals surface area (Å²) < 4.78 is 11.1. The first kappa shape index (κ1) is 12.8. The van der Waals surface area contributed by atoms with Crippen LogP contribution in [0.5, 0.6) is 0 Å². The Labute approximate surface area is 107 Å². The van der Waals surface area contributed by atoms with Crippen LogP contribution in [0.15, 0.2) is 41.7 Å². The maximum atomic E-state index is 11.7. The van der Waals surface area contributed by atoms with Gasteiger partial charge >= 0.3 is 0 Å². The average molecular weight is 246 g/mol. The molecule has 3 heteroatoms. The molecule has 0 radical (unpaired) electrons. The molecule has 0 aliphatic carbocycles. The second-order valence-electron chi connectivity index (χ2n) is 4.54. The number of ether oxygens (including phenoxy) is 2. The number of methoxy groups -OCH3 is 1. The first-order chi connectivity index (χ1) is 8.65. The van der Waals surface area contributed by atoms with Crippen LogP contribution in [0.1, 0.15) is 25.5 Å². The standard InChI is InChI=1S/C15H18O3/c1-10(16)14-11(2)18-15(13(14)9-17-3)12-7-5-4-6-8-12/h4-8,13,15H,9H2,1-3H3. The molecule has 0 spiro atoms. The van der Waals surface area contributed by atoms with Crippen LogP contribution in [0.3, 0.4) is 0 Å². The summed E-state index contributed by atoms with van der Waals surface area (Å²) in [4.78, 5) is 11.7. The zero-order chi connectivity index (χ0) is 13.1. The van der Waals surface area contributed by atoms with Crippen molar-refractivity contribution in [2.75, 3.05) is 13.7 Å². The van der Waals surface area contributed by atoms with Crippen LogP contribution in [0.2, 0.25) is 0 Å². The number of carbonyl (C=O) groups is 1. The lowest BCUT2D eigenvalue weighted by Crippen LogP contribution is -2.19. The van der Waals surface area contributed by atoms with Crippen LogP contribution in [-0.4, -0.2) is 19.5 Å². The molecular formula is C15H18O3. The molecule has 96 valence electrons. The lowest BCUT2D eigenvalue weighted by atomic mass is 9.89. The fraction of sp³-hybridized carbons (Fsp3) is 0.400. The number of hydrogen-bond acceptors (Lipinski definition) is 3. The van der Waals surface area contributed by atoms with E-state index in [1.54, 1.807) is 14.0 Å². The molecule has 2 rings (SSSR count). The molecule has 1 heterocycles. The largest absolute Gasteiger partial charge is 0.489 e. The number of ketones is 1. The molecule has 1 aromatic rings. The number of hydrogen-bond donors (Lipinski definition) is 0. The summed E-state index contributed by atoms with van der Waals surface area (Å²) in [6.45, 7) is 3.92. The zero-order valence-electron chi connectivity index (χ0n) is 11.0. The molecule has 0 amide bonds. The number of Topliss-reactive ketones (excluding diaryl/α,β-unsaturated/α-hetero) is 1. The van der Waals surface area contributed by atoms with E-state index in [4.69, 9.17) is 9.47 Å². The highest BCUT2D eigenvalue weighted by Gasteiger charge is 2.37. The molecule has 1 aromatic carbocycles. The summed E-state index contributed by atoms with van der Waals surface area (Å²) in [5.41, 5.74) is 1.83. The highest BCUT2D eigenvalue weighted by Crippen LogP contribution is 2.41. The van der Waals surface area contributed by atoms with Gasteiger partial charge in [0.25, 0.3) is 0 Å². The van der Waals surface area contributed by atoms with Crippen molar-refractivity contribution in [2.24, 2.45) is 5.92 Å². The van der Waals surface area contributed by atoms with E-state index in [9.17, 15) is 4.79 Å². The summed E-state index contributed by atoms with van der Waals surface area (Å²) in [5, 5.41) is 0. The van der Waals surface area contributed by atoms with Crippen molar-refractivity contribution in [3.05, 3.63) is 47.2 Å². The molecule has 0 N–H and O–H groups in total. The summed E-state index contributed by atoms with van der Waals surface area (Å²) in [6.07, 6.45) is -0.120. The van der Waals surface area contributed by atoms with Crippen molar-refractivity contribution in [2.45, 2.75) is 20.0 Å². The summed E-state index contributed by atoms with van der Waals surface area (Å²) in [7, 11) is 1.65. The second-order valence-corrected chi connectivity index (χ2v) is 4.54. The first-order valence-corrected chi connectivity index (χ1v) is 6.07. The Kier molecular flexibility index (Phi) is 3.82. The van der Waals surface area contributed by atoms with Crippen molar-refractivity contribution in [1.29, 1.82) is 0 Å². The van der Waals surface area contributed by atoms with Gasteiger partial charge in [-0.15, -0.1) is 0 Å². The first-order valence-electron chi connectivity index (χ1n) is 6.07. The lowest BCUT2D eigenvalue weighted by molar-refractivity contribution is -0.114. The molecule has 3 nitrogen and oxygen atoms in total. The monoisotopic (exact) mass is 246 g/mol. The van der Waals surface area contributed by atoms with Gasteiger partial charge in [0.05, 0.1) is 12.5 Å². The molecule has 1 aliphatic rings. The summed E-state index contributed by atoms with van der Waals surface area (Å²) >= 11 is 0. The van der Waals surface area contributed by atoms with Crippen molar-refractivity contribution >= 4 is 5.78 Å². The molecule has 18 heavy (non-hydrogen) atoms. The van der Waals surface area contributed by atoms with Gasteiger partial charge < -0.3 is 9.47 Å². The van der Waals surface area contributed by atoms with Gasteiger partial charge in [0.15, 0.2) is 5.78 Å². The third-order valence-corrected chi connectivity index (χ3v) is 3.27. The summed E-state index contributed by atoms with van der Waals surface area (Å²) in [5.74, 6) is 0.765. The van der Waals surface area contributed by atoms with Crippen LogP contribution in [-0.2, 0) is 14.3 Å². The van der Waals surface area contributed by atoms with Gasteiger partial charge in [-0.25, -0.2) is 0 Å². The number of benzene rings is 1. The number of rotatable bonds is 4. The normalized spacial score (nSPS) is 23.1. The minimum absolute atomic E-state index is 0.0186. The highest BCUT2D eigenvalue weighted by atomic mass is 16.5. The third kappa shape index (κ3) is 2.31. The Morgan fingerprint density at radius 2 is 2.00 bits per heavy atom. The predicted molar refractivity (Wildman–Crippen MR) is 69.0 cm³/mol. The van der Waals surface area contributed by atoms with E-state index in [0.717, 1.165) is 16.9 Å². The summed E-state index contributed by atoms with van der Waals surface area (Å²) in [6, 6.07) is 9.95. The van der Waals surface area contributed by atoms with Gasteiger partial charge in [0.1, 0.15) is 11.9 Å². The molecular weight excluding hydrogens is 228 g/mol. The lowest BCUT2D eigenvalue weighted by Gasteiger charge is -2.20. The predicted octanol–water partition coefficient (Wildman–Crippen LogP) is 2.88. The topological polar surface area (TPSA) is 35.5 Å². The van der Waals surface area contributed by atoms with Gasteiger partial charge in [-0.05, 0) is 19.4 Å². The number of allylic oxidation sites excluding steroid dienone is 1. The van der Waals surface area contributed by atoms with E-state index in [1.165, 1.54) is 0 Å². The Balaban J connectivity index is 2.32. The Hall–Kier alpha value is -1.61. The van der Waals surface area contributed by atoms with E-state index in [1.807, 2.05) is 37.3 Å². The third-order valence-electron chi connectivity index (χ3n) is 3.27. The minimum atomic E-state index is -0.120. The maximum absolute atomic E-state index is 11.7. The quantitative estimate of drug-likeness (QED) is 0.819. The molecule has 2 unspecified atom stereocenters. The van der Waals surface area contributed by atoms with E-state index >= 15 is 0 Å². The van der Waals surface area contributed by atoms with Crippen LogP contribution in [0.25, 0.3) is 0 Å². The van der Waals surface area contributed by atoms with Crippen LogP contribution >= 0.6 is 0 Å². The molecule has 0 saturated heterocycles. The molecule has 0 fully saturated rings. The maximum Gasteiger partial charge on any atom is 0.159 e. The van der Waals surface area contributed by atoms with Crippen molar-refractivity contribution in [3.63, 3.8) is 0 Å². The fourth-order valence-corrected chi connectivity index (χ4v) is 2.55. The van der Waals surface area contributed by atoms with E-state index < -0.39 is 0 Å². The smallest absolute Gasteiger partial charge is 0.159 e. The van der Waals surface area contributed by atoms with Crippen molar-refractivity contribution < 1.29 is 14.3 Å². The Bertz CT molecular complexity index is 462. The van der Waals surface area contributed by atoms with E-state index in [2.05, 4.69) is 0 Å². The van der Waals surface area contributed by atoms with Gasteiger partial charge in [0, 0.05) is 12.7 Å². The molecule has 0 saturated carbocycles. The van der Waals surface area contributed by atoms with Crippen LogP contribution in [0, 0.1) is 5.92 Å². The Morgan fingerprint density at radius 3 is 2.56 bits per heavy atom. The highest BCUT2D eigenvalue weighted by molar-refractivity contribution is 5.94. The Morgan fingerprint density at radius 1 is 1.33 bits per heavy atom. The van der Waals surface area contributed by atoms with E-state index in [-0.39, 0.29) is 17.8 Å².